The van der Waals surface area contributed by atoms with Crippen LogP contribution < -0.4 is 5.73 Å². The second-order valence-electron chi connectivity index (χ2n) is 1.84. The topological polar surface area (TPSA) is 101 Å². The monoisotopic (exact) mass is 163 g/mol. The number of hydrogen-bond donors (Lipinski definition) is 3. The van der Waals surface area contributed by atoms with Crippen LogP contribution in [-0.4, -0.2) is 34.6 Å². The summed E-state index contributed by atoms with van der Waals surface area (Å²) in [6, 6.07) is -1.16. The number of aldehydes is 1. The molecule has 0 aromatic heterocycles. The van der Waals surface area contributed by atoms with E-state index in [-0.39, 0.29) is 0 Å². The largest absolute Gasteiger partial charge is 0.480 e. The number of aliphatic hydroxyl groups excluding tert-OH is 1. The summed E-state index contributed by atoms with van der Waals surface area (Å²) < 4.78 is 0. The molecule has 0 radical (unpaired) electrons. The molecule has 66 valence electrons. The molecular weight excluding hydrogens is 150 g/mol. The van der Waals surface area contributed by atoms with Crippen molar-refractivity contribution >= 4 is 12.3 Å². The van der Waals surface area contributed by atoms with Crippen molar-refractivity contribution in [1.82, 2.24) is 0 Å². The molecule has 0 bridgehead atoms. The summed E-state index contributed by atoms with van der Waals surface area (Å²) in [5.74, 6) is -1.18. The van der Waals surface area contributed by atoms with Gasteiger partial charge in [0, 0.05) is 0 Å². The van der Waals surface area contributed by atoms with E-state index >= 15 is 0 Å². The third-order valence-electron chi connectivity index (χ3n) is 0.805. The van der Waals surface area contributed by atoms with Crippen LogP contribution in [0.25, 0.3) is 0 Å². The molecule has 2 unspecified atom stereocenters. The Kier molecular flexibility index (Phi) is 8.29. The van der Waals surface area contributed by atoms with Gasteiger partial charge in [0.25, 0.3) is 0 Å². The first kappa shape index (κ1) is 12.7. The van der Waals surface area contributed by atoms with Gasteiger partial charge in [-0.1, -0.05) is 0 Å². The summed E-state index contributed by atoms with van der Waals surface area (Å²) in [6.45, 7) is 2.78. The van der Waals surface area contributed by atoms with Crippen molar-refractivity contribution < 1.29 is 19.8 Å². The van der Waals surface area contributed by atoms with E-state index in [4.69, 9.17) is 20.7 Å². The van der Waals surface area contributed by atoms with Crippen LogP contribution in [0.3, 0.4) is 0 Å². The average Bonchev–Trinajstić information content (AvgIpc) is 1.87. The van der Waals surface area contributed by atoms with Gasteiger partial charge in [-0.05, 0) is 13.8 Å². The fourth-order valence-corrected chi connectivity index (χ4v) is 0.206. The van der Waals surface area contributed by atoms with Crippen LogP contribution in [0.15, 0.2) is 0 Å². The lowest BCUT2D eigenvalue weighted by molar-refractivity contribution is -0.140. The minimum Gasteiger partial charge on any atom is -0.480 e. The summed E-state index contributed by atoms with van der Waals surface area (Å²) in [6.07, 6.45) is -0.229. The minimum absolute atomic E-state index is 0.750. The molecule has 0 saturated carbocycles. The average molecular weight is 163 g/mol. The lowest BCUT2D eigenvalue weighted by Crippen LogP contribution is -2.39. The van der Waals surface area contributed by atoms with Crippen LogP contribution in [0.5, 0.6) is 0 Å². The molecular formula is C6H13NO4. The van der Waals surface area contributed by atoms with Gasteiger partial charge in [-0.2, -0.15) is 0 Å². The van der Waals surface area contributed by atoms with Gasteiger partial charge < -0.3 is 20.7 Å². The second kappa shape index (κ2) is 7.17. The zero-order chi connectivity index (χ0) is 9.44. The molecule has 5 nitrogen and oxygen atoms in total. The van der Waals surface area contributed by atoms with Gasteiger partial charge >= 0.3 is 5.97 Å². The van der Waals surface area contributed by atoms with E-state index in [9.17, 15) is 4.79 Å². The number of rotatable bonds is 2. The number of aliphatic carboxylic acids is 1. The Bertz CT molecular complexity index is 124. The Morgan fingerprint density at radius 3 is 1.91 bits per heavy atom. The maximum absolute atomic E-state index is 9.86. The van der Waals surface area contributed by atoms with Crippen LogP contribution in [0.1, 0.15) is 13.8 Å². The highest BCUT2D eigenvalue weighted by molar-refractivity contribution is 5.73. The molecule has 11 heavy (non-hydrogen) atoms. The first-order valence-electron chi connectivity index (χ1n) is 3.03. The van der Waals surface area contributed by atoms with Crippen LogP contribution >= 0.6 is 0 Å². The smallest absolute Gasteiger partial charge is 0.323 e. The van der Waals surface area contributed by atoms with E-state index in [1.807, 2.05) is 0 Å². The zero-order valence-corrected chi connectivity index (χ0v) is 6.52. The molecule has 2 atom stereocenters. The van der Waals surface area contributed by atoms with Gasteiger partial charge in [0.1, 0.15) is 12.3 Å². The summed E-state index contributed by atoms with van der Waals surface area (Å²) in [7, 11) is 0. The minimum atomic E-state index is -1.18. The molecule has 0 aliphatic heterocycles. The van der Waals surface area contributed by atoms with Crippen LogP contribution in [0.2, 0.25) is 0 Å². The van der Waals surface area contributed by atoms with Crippen molar-refractivity contribution in [3.8, 4) is 0 Å². The Morgan fingerprint density at radius 1 is 1.64 bits per heavy atom. The van der Waals surface area contributed by atoms with Crippen LogP contribution in [0.4, 0.5) is 0 Å². The van der Waals surface area contributed by atoms with Gasteiger partial charge in [0.2, 0.25) is 0 Å². The predicted octanol–water partition coefficient (Wildman–Crippen LogP) is -1.02. The molecule has 0 heterocycles. The highest BCUT2D eigenvalue weighted by atomic mass is 16.4. The van der Waals surface area contributed by atoms with E-state index < -0.39 is 18.1 Å². The fourth-order valence-electron chi connectivity index (χ4n) is 0.206. The molecule has 4 N–H and O–H groups in total. The molecule has 0 rings (SSSR count). The lowest BCUT2D eigenvalue weighted by Gasteiger charge is -2.06. The van der Waals surface area contributed by atoms with Crippen molar-refractivity contribution in [2.75, 3.05) is 0 Å². The zero-order valence-electron chi connectivity index (χ0n) is 6.52. The normalized spacial score (nSPS) is 13.8. The molecule has 0 aliphatic rings. The number of carboxylic acid groups (broad SMARTS) is 1. The fraction of sp³-hybridized carbons (Fsp3) is 0.667. The number of carbonyl (C=O) groups is 2. The molecule has 0 aromatic rings. The van der Waals surface area contributed by atoms with Crippen molar-refractivity contribution in [1.29, 1.82) is 0 Å². The van der Waals surface area contributed by atoms with Gasteiger partial charge in [0.05, 0.1) is 6.10 Å². The summed E-state index contributed by atoms with van der Waals surface area (Å²) in [5.41, 5.74) is 4.91. The van der Waals surface area contributed by atoms with Gasteiger partial charge in [-0.25, -0.2) is 0 Å². The van der Waals surface area contributed by atoms with Crippen molar-refractivity contribution in [3.05, 3.63) is 0 Å². The number of nitrogens with two attached hydrogens (primary N) is 1. The SMILES string of the molecule is CC(O)C(N)C(=O)O.CC=O. The number of carboxylic acids is 1. The number of aliphatic hydroxyl groups is 1. The Morgan fingerprint density at radius 2 is 1.91 bits per heavy atom. The van der Waals surface area contributed by atoms with Crippen LogP contribution in [0, 0.1) is 0 Å². The molecule has 0 fully saturated rings. The maximum Gasteiger partial charge on any atom is 0.323 e. The summed E-state index contributed by atoms with van der Waals surface area (Å²) >= 11 is 0. The number of carbonyl (C=O) groups excluding carboxylic acids is 1. The molecule has 5 heteroatoms. The Balaban J connectivity index is 0. The highest BCUT2D eigenvalue weighted by Crippen LogP contribution is 1.85. The first-order valence-corrected chi connectivity index (χ1v) is 3.03. The number of hydrogen-bond acceptors (Lipinski definition) is 4. The van der Waals surface area contributed by atoms with E-state index in [0.717, 1.165) is 6.29 Å². The van der Waals surface area contributed by atoms with E-state index in [1.165, 1.54) is 13.8 Å². The Hall–Kier alpha value is -0.940. The van der Waals surface area contributed by atoms with Crippen molar-refractivity contribution in [3.63, 3.8) is 0 Å². The molecule has 0 aromatic carbocycles. The molecule has 0 spiro atoms. The summed E-state index contributed by atoms with van der Waals surface area (Å²) in [5, 5.41) is 16.6. The highest BCUT2D eigenvalue weighted by Gasteiger charge is 2.16. The third kappa shape index (κ3) is 9.06. The van der Waals surface area contributed by atoms with E-state index in [2.05, 4.69) is 0 Å². The molecule has 0 aliphatic carbocycles. The standard InChI is InChI=1S/C4H9NO3.C2H4O/c1-2(6)3(5)4(7)8;1-2-3/h2-3,6H,5H2,1H3,(H,7,8);2H,1H3. The maximum atomic E-state index is 9.86. The molecule has 0 amide bonds. The second-order valence-corrected chi connectivity index (χ2v) is 1.84. The van der Waals surface area contributed by atoms with E-state index in [1.54, 1.807) is 0 Å². The third-order valence-corrected chi connectivity index (χ3v) is 0.805. The van der Waals surface area contributed by atoms with Crippen molar-refractivity contribution in [2.45, 2.75) is 26.0 Å². The molecule has 0 saturated heterocycles. The van der Waals surface area contributed by atoms with Crippen molar-refractivity contribution in [2.24, 2.45) is 5.73 Å². The summed E-state index contributed by atoms with van der Waals surface area (Å²) in [4.78, 5) is 18.7. The predicted molar refractivity (Wildman–Crippen MR) is 39.0 cm³/mol. The van der Waals surface area contributed by atoms with Gasteiger partial charge in [-0.15, -0.1) is 0 Å². The van der Waals surface area contributed by atoms with Gasteiger partial charge in [-0.3, -0.25) is 4.79 Å². The Labute approximate surface area is 64.8 Å². The quantitative estimate of drug-likeness (QED) is 0.452. The van der Waals surface area contributed by atoms with Crippen LogP contribution in [-0.2, 0) is 9.59 Å². The van der Waals surface area contributed by atoms with E-state index in [0.29, 0.717) is 0 Å². The van der Waals surface area contributed by atoms with Gasteiger partial charge in [0.15, 0.2) is 0 Å². The lowest BCUT2D eigenvalue weighted by atomic mass is 10.2. The first-order chi connectivity index (χ1) is 4.97.